The van der Waals surface area contributed by atoms with Crippen LogP contribution in [0.2, 0.25) is 5.02 Å². The first-order chi connectivity index (χ1) is 8.97. The Hall–Kier alpha value is -2.00. The van der Waals surface area contributed by atoms with Crippen LogP contribution in [0.15, 0.2) is 36.4 Å². The standard InChI is InChI=1S/C15H15ClN2O/c1-9-3-6-14(13(16)7-9)18-15(19)12-8-11(17)5-4-10(12)2/h3-8H,17H2,1-2H3,(H,18,19). The van der Waals surface area contributed by atoms with Crippen LogP contribution in [0.5, 0.6) is 0 Å². The zero-order valence-corrected chi connectivity index (χ0v) is 11.6. The molecule has 0 saturated heterocycles. The van der Waals surface area contributed by atoms with Crippen LogP contribution in [0, 0.1) is 13.8 Å². The minimum atomic E-state index is -0.212. The van der Waals surface area contributed by atoms with Gasteiger partial charge in [0.25, 0.3) is 5.91 Å². The van der Waals surface area contributed by atoms with Crippen molar-refractivity contribution in [1.29, 1.82) is 0 Å². The lowest BCUT2D eigenvalue weighted by atomic mass is 10.1. The zero-order valence-electron chi connectivity index (χ0n) is 10.8. The molecule has 0 saturated carbocycles. The van der Waals surface area contributed by atoms with Crippen LogP contribution in [-0.2, 0) is 0 Å². The molecule has 0 aliphatic heterocycles. The largest absolute Gasteiger partial charge is 0.399 e. The summed E-state index contributed by atoms with van der Waals surface area (Å²) in [5.41, 5.74) is 9.33. The molecule has 0 heterocycles. The Labute approximate surface area is 117 Å². The average molecular weight is 275 g/mol. The van der Waals surface area contributed by atoms with Crippen LogP contribution in [-0.4, -0.2) is 5.91 Å². The Balaban J connectivity index is 2.28. The van der Waals surface area contributed by atoms with Gasteiger partial charge in [0.1, 0.15) is 0 Å². The van der Waals surface area contributed by atoms with Gasteiger partial charge in [0.15, 0.2) is 0 Å². The van der Waals surface area contributed by atoms with E-state index in [1.807, 2.05) is 32.0 Å². The highest BCUT2D eigenvalue weighted by atomic mass is 35.5. The van der Waals surface area contributed by atoms with Crippen LogP contribution in [0.1, 0.15) is 21.5 Å². The van der Waals surface area contributed by atoms with Gasteiger partial charge in [0.05, 0.1) is 10.7 Å². The van der Waals surface area contributed by atoms with Gasteiger partial charge < -0.3 is 11.1 Å². The molecule has 3 nitrogen and oxygen atoms in total. The number of carbonyl (C=O) groups is 1. The van der Waals surface area contributed by atoms with E-state index in [9.17, 15) is 4.79 Å². The van der Waals surface area contributed by atoms with E-state index in [2.05, 4.69) is 5.32 Å². The smallest absolute Gasteiger partial charge is 0.256 e. The van der Waals surface area contributed by atoms with Gasteiger partial charge >= 0.3 is 0 Å². The fourth-order valence-corrected chi connectivity index (χ4v) is 2.08. The van der Waals surface area contributed by atoms with Crippen molar-refractivity contribution in [2.75, 3.05) is 11.1 Å². The Morgan fingerprint density at radius 1 is 1.16 bits per heavy atom. The van der Waals surface area contributed by atoms with Crippen LogP contribution in [0.25, 0.3) is 0 Å². The molecule has 4 heteroatoms. The van der Waals surface area contributed by atoms with Crippen molar-refractivity contribution >= 4 is 28.9 Å². The van der Waals surface area contributed by atoms with Crippen LogP contribution >= 0.6 is 11.6 Å². The van der Waals surface area contributed by atoms with E-state index in [1.54, 1.807) is 18.2 Å². The number of hydrogen-bond acceptors (Lipinski definition) is 2. The molecule has 3 N–H and O–H groups in total. The van der Waals surface area contributed by atoms with Gasteiger partial charge in [-0.2, -0.15) is 0 Å². The number of hydrogen-bond donors (Lipinski definition) is 2. The molecular formula is C15H15ClN2O. The SMILES string of the molecule is Cc1ccc(NC(=O)c2cc(N)ccc2C)c(Cl)c1. The predicted molar refractivity (Wildman–Crippen MR) is 79.7 cm³/mol. The normalized spacial score (nSPS) is 10.3. The minimum absolute atomic E-state index is 0.212. The number of aryl methyl sites for hydroxylation is 2. The van der Waals surface area contributed by atoms with E-state index in [0.717, 1.165) is 11.1 Å². The summed E-state index contributed by atoms with van der Waals surface area (Å²) in [5.74, 6) is -0.212. The average Bonchev–Trinajstić information content (AvgIpc) is 2.35. The number of nitrogens with two attached hydrogens (primary N) is 1. The second kappa shape index (κ2) is 5.33. The van der Waals surface area contributed by atoms with Crippen molar-refractivity contribution in [2.45, 2.75) is 13.8 Å². The number of nitrogen functional groups attached to an aromatic ring is 1. The Morgan fingerprint density at radius 3 is 2.58 bits per heavy atom. The van der Waals surface area contributed by atoms with E-state index < -0.39 is 0 Å². The molecule has 0 aliphatic rings. The second-order valence-electron chi connectivity index (χ2n) is 4.51. The summed E-state index contributed by atoms with van der Waals surface area (Å²) in [6.45, 7) is 3.81. The summed E-state index contributed by atoms with van der Waals surface area (Å²) in [4.78, 5) is 12.2. The van der Waals surface area contributed by atoms with Crippen molar-refractivity contribution < 1.29 is 4.79 Å². The minimum Gasteiger partial charge on any atom is -0.399 e. The van der Waals surface area contributed by atoms with Gasteiger partial charge in [-0.3, -0.25) is 4.79 Å². The first-order valence-corrected chi connectivity index (χ1v) is 6.29. The molecule has 2 aromatic carbocycles. The molecule has 0 unspecified atom stereocenters. The van der Waals surface area contributed by atoms with Gasteiger partial charge in [0, 0.05) is 11.3 Å². The molecule has 0 bridgehead atoms. The van der Waals surface area contributed by atoms with Crippen LogP contribution < -0.4 is 11.1 Å². The molecule has 0 radical (unpaired) electrons. The number of rotatable bonds is 2. The lowest BCUT2D eigenvalue weighted by Gasteiger charge is -2.10. The highest BCUT2D eigenvalue weighted by Gasteiger charge is 2.11. The molecule has 0 aromatic heterocycles. The van der Waals surface area contributed by atoms with Crippen LogP contribution in [0.3, 0.4) is 0 Å². The first kappa shape index (κ1) is 13.4. The molecule has 0 spiro atoms. The fourth-order valence-electron chi connectivity index (χ4n) is 1.80. The number of anilines is 2. The van der Waals surface area contributed by atoms with Gasteiger partial charge in [-0.1, -0.05) is 23.7 Å². The summed E-state index contributed by atoms with van der Waals surface area (Å²) >= 11 is 6.09. The molecule has 0 atom stereocenters. The molecule has 98 valence electrons. The molecule has 2 aromatic rings. The summed E-state index contributed by atoms with van der Waals surface area (Å²) in [7, 11) is 0. The van der Waals surface area contributed by atoms with E-state index in [-0.39, 0.29) is 5.91 Å². The summed E-state index contributed by atoms with van der Waals surface area (Å²) in [6.07, 6.45) is 0. The van der Waals surface area contributed by atoms with Crippen molar-refractivity contribution in [3.63, 3.8) is 0 Å². The highest BCUT2D eigenvalue weighted by Crippen LogP contribution is 2.24. The Bertz CT molecular complexity index is 638. The first-order valence-electron chi connectivity index (χ1n) is 5.91. The van der Waals surface area contributed by atoms with Crippen molar-refractivity contribution in [2.24, 2.45) is 0 Å². The molecule has 19 heavy (non-hydrogen) atoms. The molecule has 1 amide bonds. The summed E-state index contributed by atoms with van der Waals surface area (Å²) in [5, 5.41) is 3.32. The van der Waals surface area contributed by atoms with E-state index in [1.165, 1.54) is 0 Å². The highest BCUT2D eigenvalue weighted by molar-refractivity contribution is 6.34. The summed E-state index contributed by atoms with van der Waals surface area (Å²) < 4.78 is 0. The third-order valence-corrected chi connectivity index (χ3v) is 3.19. The van der Waals surface area contributed by atoms with E-state index in [0.29, 0.717) is 22.0 Å². The fraction of sp³-hybridized carbons (Fsp3) is 0.133. The van der Waals surface area contributed by atoms with Crippen LogP contribution in [0.4, 0.5) is 11.4 Å². The molecule has 0 fully saturated rings. The van der Waals surface area contributed by atoms with E-state index in [4.69, 9.17) is 17.3 Å². The number of benzene rings is 2. The predicted octanol–water partition coefficient (Wildman–Crippen LogP) is 3.79. The number of halogens is 1. The Morgan fingerprint density at radius 2 is 1.89 bits per heavy atom. The Kier molecular flexibility index (Phi) is 3.76. The number of amides is 1. The zero-order chi connectivity index (χ0) is 14.0. The molecule has 0 aliphatic carbocycles. The van der Waals surface area contributed by atoms with Gasteiger partial charge in [-0.05, 0) is 49.2 Å². The van der Waals surface area contributed by atoms with E-state index >= 15 is 0 Å². The molecule has 2 rings (SSSR count). The van der Waals surface area contributed by atoms with Crippen molar-refractivity contribution in [1.82, 2.24) is 0 Å². The third-order valence-electron chi connectivity index (χ3n) is 2.88. The lowest BCUT2D eigenvalue weighted by Crippen LogP contribution is -2.14. The van der Waals surface area contributed by atoms with Crippen molar-refractivity contribution in [3.8, 4) is 0 Å². The number of carbonyl (C=O) groups excluding carboxylic acids is 1. The maximum atomic E-state index is 12.2. The van der Waals surface area contributed by atoms with Crippen molar-refractivity contribution in [3.05, 3.63) is 58.1 Å². The monoisotopic (exact) mass is 274 g/mol. The topological polar surface area (TPSA) is 55.1 Å². The second-order valence-corrected chi connectivity index (χ2v) is 4.92. The third kappa shape index (κ3) is 3.06. The van der Waals surface area contributed by atoms with Gasteiger partial charge in [-0.15, -0.1) is 0 Å². The molecular weight excluding hydrogens is 260 g/mol. The lowest BCUT2D eigenvalue weighted by molar-refractivity contribution is 0.102. The number of nitrogens with one attached hydrogen (secondary N) is 1. The maximum absolute atomic E-state index is 12.2. The maximum Gasteiger partial charge on any atom is 0.256 e. The van der Waals surface area contributed by atoms with Gasteiger partial charge in [-0.25, -0.2) is 0 Å². The van der Waals surface area contributed by atoms with Gasteiger partial charge in [0.2, 0.25) is 0 Å². The quantitative estimate of drug-likeness (QED) is 0.819. The summed E-state index contributed by atoms with van der Waals surface area (Å²) in [6, 6.07) is 10.7.